The summed E-state index contributed by atoms with van der Waals surface area (Å²) in [5, 5.41) is 0.631. The molecule has 0 saturated carbocycles. The van der Waals surface area contributed by atoms with E-state index >= 15 is 0 Å². The standard InChI is InChI=1S/C19H22ClNO2/c20-17-10-8-14(9-11-17)18(22)16-7-4-12-21(13-16)19(23)15-5-2-1-3-6-15/h5,8-11,16H,1-4,6-7,12-13H2/t16-/m0/s1. The number of likely N-dealkylation sites (tertiary alicyclic amines) is 1. The second-order valence-corrected chi connectivity index (χ2v) is 6.87. The number of carbonyl (C=O) groups excluding carboxylic acids is 2. The van der Waals surface area contributed by atoms with Crippen LogP contribution in [0.25, 0.3) is 0 Å². The molecule has 0 N–H and O–H groups in total. The van der Waals surface area contributed by atoms with Gasteiger partial charge in [0.1, 0.15) is 0 Å². The lowest BCUT2D eigenvalue weighted by molar-refractivity contribution is -0.128. The van der Waals surface area contributed by atoms with Crippen LogP contribution in [0.2, 0.25) is 5.02 Å². The summed E-state index contributed by atoms with van der Waals surface area (Å²) in [6, 6.07) is 7.03. The Labute approximate surface area is 142 Å². The Balaban J connectivity index is 1.68. The summed E-state index contributed by atoms with van der Waals surface area (Å²) in [5.74, 6) is 0.160. The second kappa shape index (κ2) is 7.31. The summed E-state index contributed by atoms with van der Waals surface area (Å²) in [4.78, 5) is 27.2. The Bertz CT molecular complexity index is 621. The predicted molar refractivity (Wildman–Crippen MR) is 91.6 cm³/mol. The van der Waals surface area contributed by atoms with Crippen LogP contribution in [-0.4, -0.2) is 29.7 Å². The van der Waals surface area contributed by atoms with E-state index in [2.05, 4.69) is 6.08 Å². The van der Waals surface area contributed by atoms with Crippen LogP contribution in [0, 0.1) is 5.92 Å². The number of amides is 1. The van der Waals surface area contributed by atoms with Crippen molar-refractivity contribution >= 4 is 23.3 Å². The third-order valence-electron chi connectivity index (χ3n) is 4.77. The van der Waals surface area contributed by atoms with Crippen LogP contribution in [0.5, 0.6) is 0 Å². The summed E-state index contributed by atoms with van der Waals surface area (Å²) < 4.78 is 0. The molecule has 3 rings (SSSR count). The molecule has 1 aliphatic carbocycles. The van der Waals surface area contributed by atoms with Gasteiger partial charge in [-0.3, -0.25) is 9.59 Å². The van der Waals surface area contributed by atoms with Gasteiger partial charge in [0.25, 0.3) is 0 Å². The van der Waals surface area contributed by atoms with Crippen LogP contribution in [0.4, 0.5) is 0 Å². The summed E-state index contributed by atoms with van der Waals surface area (Å²) in [6.07, 6.45) is 7.98. The second-order valence-electron chi connectivity index (χ2n) is 6.44. The number of carbonyl (C=O) groups is 2. The van der Waals surface area contributed by atoms with E-state index in [1.807, 2.05) is 4.90 Å². The number of hydrogen-bond acceptors (Lipinski definition) is 2. The van der Waals surface area contributed by atoms with Crippen molar-refractivity contribution in [3.05, 3.63) is 46.5 Å². The fraction of sp³-hybridized carbons (Fsp3) is 0.474. The van der Waals surface area contributed by atoms with Crippen molar-refractivity contribution in [2.45, 2.75) is 38.5 Å². The number of piperidine rings is 1. The number of nitrogens with zero attached hydrogens (tertiary/aromatic N) is 1. The Morgan fingerprint density at radius 2 is 1.87 bits per heavy atom. The SMILES string of the molecule is O=C(c1ccc(Cl)cc1)[C@H]1CCCN(C(=O)C2=CCCCC2)C1. The number of rotatable bonds is 3. The van der Waals surface area contributed by atoms with Crippen molar-refractivity contribution in [3.8, 4) is 0 Å². The lowest BCUT2D eigenvalue weighted by Gasteiger charge is -2.33. The summed E-state index contributed by atoms with van der Waals surface area (Å²) in [7, 11) is 0. The van der Waals surface area contributed by atoms with E-state index < -0.39 is 0 Å². The maximum atomic E-state index is 12.7. The third kappa shape index (κ3) is 3.84. The van der Waals surface area contributed by atoms with Gasteiger partial charge in [-0.1, -0.05) is 17.7 Å². The molecule has 1 aromatic carbocycles. The molecule has 1 saturated heterocycles. The Kier molecular flexibility index (Phi) is 5.16. The van der Waals surface area contributed by atoms with Gasteiger partial charge < -0.3 is 4.90 Å². The van der Waals surface area contributed by atoms with Gasteiger partial charge in [-0.15, -0.1) is 0 Å². The Morgan fingerprint density at radius 3 is 2.57 bits per heavy atom. The first kappa shape index (κ1) is 16.3. The van der Waals surface area contributed by atoms with Crippen molar-refractivity contribution in [1.29, 1.82) is 0 Å². The molecule has 0 radical (unpaired) electrons. The molecule has 0 aromatic heterocycles. The molecular formula is C19H22ClNO2. The molecule has 0 unspecified atom stereocenters. The van der Waals surface area contributed by atoms with Crippen LogP contribution < -0.4 is 0 Å². The number of Topliss-reactive ketones (excluding diaryl/α,β-unsaturated/α-hetero) is 1. The zero-order valence-electron chi connectivity index (χ0n) is 13.3. The van der Waals surface area contributed by atoms with E-state index in [-0.39, 0.29) is 17.6 Å². The highest BCUT2D eigenvalue weighted by Gasteiger charge is 2.30. The molecule has 1 heterocycles. The van der Waals surface area contributed by atoms with Crippen molar-refractivity contribution < 1.29 is 9.59 Å². The van der Waals surface area contributed by atoms with Crippen molar-refractivity contribution in [1.82, 2.24) is 4.90 Å². The lowest BCUT2D eigenvalue weighted by atomic mass is 9.89. The number of allylic oxidation sites excluding steroid dienone is 1. The van der Waals surface area contributed by atoms with Crippen molar-refractivity contribution in [2.75, 3.05) is 13.1 Å². The van der Waals surface area contributed by atoms with Crippen LogP contribution >= 0.6 is 11.6 Å². The average molecular weight is 332 g/mol. The number of halogens is 1. The molecule has 4 heteroatoms. The number of hydrogen-bond donors (Lipinski definition) is 0. The first-order valence-electron chi connectivity index (χ1n) is 8.43. The highest BCUT2D eigenvalue weighted by molar-refractivity contribution is 6.30. The van der Waals surface area contributed by atoms with Gasteiger partial charge in [-0.25, -0.2) is 0 Å². The number of ketones is 1. The van der Waals surface area contributed by atoms with E-state index in [1.165, 1.54) is 6.42 Å². The third-order valence-corrected chi connectivity index (χ3v) is 5.03. The highest BCUT2D eigenvalue weighted by atomic mass is 35.5. The normalized spacial score (nSPS) is 21.7. The Morgan fingerprint density at radius 1 is 1.09 bits per heavy atom. The van der Waals surface area contributed by atoms with Gasteiger partial charge in [0.05, 0.1) is 0 Å². The van der Waals surface area contributed by atoms with E-state index in [0.29, 0.717) is 17.1 Å². The first-order valence-corrected chi connectivity index (χ1v) is 8.81. The molecule has 1 aliphatic heterocycles. The maximum Gasteiger partial charge on any atom is 0.249 e. The quantitative estimate of drug-likeness (QED) is 0.776. The van der Waals surface area contributed by atoms with Crippen LogP contribution in [0.1, 0.15) is 48.9 Å². The van der Waals surface area contributed by atoms with Crippen LogP contribution in [0.15, 0.2) is 35.9 Å². The van der Waals surface area contributed by atoms with E-state index in [1.54, 1.807) is 24.3 Å². The first-order chi connectivity index (χ1) is 11.1. The van der Waals surface area contributed by atoms with Gasteiger partial charge in [0.15, 0.2) is 5.78 Å². The fourth-order valence-electron chi connectivity index (χ4n) is 3.46. The smallest absolute Gasteiger partial charge is 0.249 e. The molecular weight excluding hydrogens is 310 g/mol. The van der Waals surface area contributed by atoms with E-state index in [0.717, 1.165) is 44.2 Å². The monoisotopic (exact) mass is 331 g/mol. The minimum atomic E-state index is -0.0990. The van der Waals surface area contributed by atoms with E-state index in [4.69, 9.17) is 11.6 Å². The van der Waals surface area contributed by atoms with Crippen molar-refractivity contribution in [3.63, 3.8) is 0 Å². The fourth-order valence-corrected chi connectivity index (χ4v) is 3.59. The average Bonchev–Trinajstić information content (AvgIpc) is 2.62. The minimum absolute atomic E-state index is 0.0990. The molecule has 2 aliphatic rings. The molecule has 1 atom stereocenters. The molecule has 1 fully saturated rings. The minimum Gasteiger partial charge on any atom is -0.338 e. The molecule has 0 bridgehead atoms. The lowest BCUT2D eigenvalue weighted by Crippen LogP contribution is -2.43. The molecule has 1 aromatic rings. The van der Waals surface area contributed by atoms with Gasteiger partial charge in [-0.05, 0) is 62.8 Å². The van der Waals surface area contributed by atoms with Gasteiger partial charge >= 0.3 is 0 Å². The van der Waals surface area contributed by atoms with Gasteiger partial charge in [0.2, 0.25) is 5.91 Å². The van der Waals surface area contributed by atoms with Crippen LogP contribution in [0.3, 0.4) is 0 Å². The summed E-state index contributed by atoms with van der Waals surface area (Å²) in [6.45, 7) is 1.30. The predicted octanol–water partition coefficient (Wildman–Crippen LogP) is 4.26. The molecule has 23 heavy (non-hydrogen) atoms. The molecule has 122 valence electrons. The molecule has 1 amide bonds. The topological polar surface area (TPSA) is 37.4 Å². The Hall–Kier alpha value is -1.61. The molecule has 0 spiro atoms. The van der Waals surface area contributed by atoms with Crippen molar-refractivity contribution in [2.24, 2.45) is 5.92 Å². The van der Waals surface area contributed by atoms with Crippen LogP contribution in [-0.2, 0) is 4.79 Å². The summed E-state index contributed by atoms with van der Waals surface area (Å²) in [5.41, 5.74) is 1.63. The zero-order chi connectivity index (χ0) is 16.2. The zero-order valence-corrected chi connectivity index (χ0v) is 14.0. The van der Waals surface area contributed by atoms with E-state index in [9.17, 15) is 9.59 Å². The van der Waals surface area contributed by atoms with Gasteiger partial charge in [0, 0.05) is 35.2 Å². The highest BCUT2D eigenvalue weighted by Crippen LogP contribution is 2.25. The van der Waals surface area contributed by atoms with Gasteiger partial charge in [-0.2, -0.15) is 0 Å². The maximum absolute atomic E-state index is 12.7. The largest absolute Gasteiger partial charge is 0.338 e. The number of benzene rings is 1. The molecule has 3 nitrogen and oxygen atoms in total. The summed E-state index contributed by atoms with van der Waals surface area (Å²) >= 11 is 5.88.